The molecule has 0 aromatic heterocycles. The molecule has 0 aliphatic carbocycles. The van der Waals surface area contributed by atoms with Gasteiger partial charge in [0.25, 0.3) is 0 Å². The van der Waals surface area contributed by atoms with E-state index in [2.05, 4.69) is 4.99 Å². The van der Waals surface area contributed by atoms with Gasteiger partial charge in [0.15, 0.2) is 0 Å². The SMILES string of the molecule is CCC(C)/C(N)=N/C(=O)OC(C)(C)C. The van der Waals surface area contributed by atoms with Crippen molar-refractivity contribution in [1.82, 2.24) is 0 Å². The molecule has 0 fully saturated rings. The van der Waals surface area contributed by atoms with Gasteiger partial charge in [0, 0.05) is 5.92 Å². The van der Waals surface area contributed by atoms with Crippen LogP contribution >= 0.6 is 0 Å². The molecule has 0 aliphatic rings. The lowest BCUT2D eigenvalue weighted by atomic mass is 10.1. The lowest BCUT2D eigenvalue weighted by Gasteiger charge is -2.17. The van der Waals surface area contributed by atoms with Crippen LogP contribution in [0.4, 0.5) is 4.79 Å². The number of hydrogen-bond donors (Lipinski definition) is 1. The highest BCUT2D eigenvalue weighted by Crippen LogP contribution is 2.09. The molecule has 4 nitrogen and oxygen atoms in total. The zero-order valence-corrected chi connectivity index (χ0v) is 9.63. The van der Waals surface area contributed by atoms with E-state index in [0.717, 1.165) is 6.42 Å². The van der Waals surface area contributed by atoms with E-state index < -0.39 is 11.7 Å². The monoisotopic (exact) mass is 200 g/mol. The first kappa shape index (κ1) is 12.9. The third-order valence-electron chi connectivity index (χ3n) is 1.73. The molecule has 0 aromatic carbocycles. The molecule has 14 heavy (non-hydrogen) atoms. The van der Waals surface area contributed by atoms with Crippen LogP contribution in [0, 0.1) is 5.92 Å². The number of carbonyl (C=O) groups is 1. The average Bonchev–Trinajstić information content (AvgIpc) is 1.99. The van der Waals surface area contributed by atoms with Crippen LogP contribution in [-0.4, -0.2) is 17.5 Å². The minimum absolute atomic E-state index is 0.113. The first-order chi connectivity index (χ1) is 6.26. The zero-order valence-electron chi connectivity index (χ0n) is 9.63. The standard InChI is InChI=1S/C10H20N2O2/c1-6-7(2)8(11)12-9(13)14-10(3,4)5/h7H,6H2,1-5H3,(H2,11,12,13). The summed E-state index contributed by atoms with van der Waals surface area (Å²) in [5, 5.41) is 0. The van der Waals surface area contributed by atoms with Crippen molar-refractivity contribution in [2.24, 2.45) is 16.6 Å². The van der Waals surface area contributed by atoms with Gasteiger partial charge in [-0.05, 0) is 27.2 Å². The number of ether oxygens (including phenoxy) is 1. The van der Waals surface area contributed by atoms with Crippen molar-refractivity contribution in [2.45, 2.75) is 46.6 Å². The lowest BCUT2D eigenvalue weighted by molar-refractivity contribution is 0.0603. The van der Waals surface area contributed by atoms with Gasteiger partial charge in [0.2, 0.25) is 0 Å². The predicted molar refractivity (Wildman–Crippen MR) is 57.3 cm³/mol. The minimum atomic E-state index is -0.615. The second-order valence-corrected chi connectivity index (χ2v) is 4.33. The summed E-state index contributed by atoms with van der Waals surface area (Å²) in [6.07, 6.45) is 0.244. The molecule has 0 saturated carbocycles. The van der Waals surface area contributed by atoms with E-state index in [9.17, 15) is 4.79 Å². The Balaban J connectivity index is 4.30. The van der Waals surface area contributed by atoms with Crippen molar-refractivity contribution in [3.05, 3.63) is 0 Å². The maximum atomic E-state index is 11.2. The van der Waals surface area contributed by atoms with Crippen LogP contribution < -0.4 is 5.73 Å². The van der Waals surface area contributed by atoms with Crippen molar-refractivity contribution in [3.63, 3.8) is 0 Å². The summed E-state index contributed by atoms with van der Waals surface area (Å²) < 4.78 is 5.00. The van der Waals surface area contributed by atoms with Crippen molar-refractivity contribution in [2.75, 3.05) is 0 Å². The van der Waals surface area contributed by atoms with E-state index in [0.29, 0.717) is 5.84 Å². The van der Waals surface area contributed by atoms with E-state index in [1.807, 2.05) is 13.8 Å². The Bertz CT molecular complexity index is 229. The summed E-state index contributed by atoms with van der Waals surface area (Å²) in [5.74, 6) is 0.448. The smallest absolute Gasteiger partial charge is 0.435 e. The fourth-order valence-corrected chi connectivity index (χ4v) is 0.709. The normalized spacial score (nSPS) is 15.1. The summed E-state index contributed by atoms with van der Waals surface area (Å²) >= 11 is 0. The van der Waals surface area contributed by atoms with Crippen molar-refractivity contribution in [3.8, 4) is 0 Å². The molecule has 0 heterocycles. The number of hydrogen-bond acceptors (Lipinski definition) is 2. The van der Waals surface area contributed by atoms with Gasteiger partial charge in [-0.1, -0.05) is 13.8 Å². The molecule has 1 amide bonds. The summed E-state index contributed by atoms with van der Waals surface area (Å²) in [5.41, 5.74) is 5.08. The average molecular weight is 200 g/mol. The highest BCUT2D eigenvalue weighted by molar-refractivity contribution is 5.91. The topological polar surface area (TPSA) is 64.7 Å². The Morgan fingerprint density at radius 2 is 2.00 bits per heavy atom. The summed E-state index contributed by atoms with van der Waals surface area (Å²) in [6, 6.07) is 0. The maximum Gasteiger partial charge on any atom is 0.435 e. The molecule has 0 rings (SSSR count). The second kappa shape index (κ2) is 4.98. The molecule has 0 aliphatic heterocycles. The number of amidine groups is 1. The Labute approximate surface area is 85.5 Å². The molecular weight excluding hydrogens is 180 g/mol. The first-order valence-corrected chi connectivity index (χ1v) is 4.83. The van der Waals surface area contributed by atoms with Gasteiger partial charge in [0.05, 0.1) is 0 Å². The molecule has 0 aromatic rings. The molecule has 0 saturated heterocycles. The number of amides is 1. The van der Waals surface area contributed by atoms with E-state index in [1.165, 1.54) is 0 Å². The third-order valence-corrected chi connectivity index (χ3v) is 1.73. The van der Waals surface area contributed by atoms with Crippen LogP contribution in [0.2, 0.25) is 0 Å². The third kappa shape index (κ3) is 5.56. The quantitative estimate of drug-likeness (QED) is 0.549. The van der Waals surface area contributed by atoms with Crippen LogP contribution in [-0.2, 0) is 4.74 Å². The van der Waals surface area contributed by atoms with Crippen molar-refractivity contribution < 1.29 is 9.53 Å². The highest BCUT2D eigenvalue weighted by Gasteiger charge is 2.16. The predicted octanol–water partition coefficient (Wildman–Crippen LogP) is 2.32. The van der Waals surface area contributed by atoms with E-state index in [4.69, 9.17) is 10.5 Å². The van der Waals surface area contributed by atoms with Gasteiger partial charge in [0.1, 0.15) is 11.4 Å². The van der Waals surface area contributed by atoms with E-state index >= 15 is 0 Å². The van der Waals surface area contributed by atoms with Crippen LogP contribution in [0.15, 0.2) is 4.99 Å². The Hall–Kier alpha value is -1.06. The number of nitrogens with two attached hydrogens (primary N) is 1. The number of aliphatic imine (C=N–C) groups is 1. The maximum absolute atomic E-state index is 11.2. The Morgan fingerprint density at radius 1 is 1.50 bits per heavy atom. The van der Waals surface area contributed by atoms with Gasteiger partial charge in [-0.3, -0.25) is 0 Å². The molecule has 1 unspecified atom stereocenters. The van der Waals surface area contributed by atoms with Gasteiger partial charge in [-0.15, -0.1) is 0 Å². The molecule has 2 N–H and O–H groups in total. The van der Waals surface area contributed by atoms with Crippen molar-refractivity contribution in [1.29, 1.82) is 0 Å². The molecule has 0 radical (unpaired) electrons. The molecule has 4 heteroatoms. The van der Waals surface area contributed by atoms with Crippen molar-refractivity contribution >= 4 is 11.9 Å². The molecule has 0 bridgehead atoms. The highest BCUT2D eigenvalue weighted by atomic mass is 16.6. The first-order valence-electron chi connectivity index (χ1n) is 4.83. The molecular formula is C10H20N2O2. The summed E-state index contributed by atoms with van der Waals surface area (Å²) in [4.78, 5) is 14.9. The van der Waals surface area contributed by atoms with Crippen LogP contribution in [0.3, 0.4) is 0 Å². The Kier molecular flexibility index (Phi) is 4.60. The van der Waals surface area contributed by atoms with Gasteiger partial charge >= 0.3 is 6.09 Å². The van der Waals surface area contributed by atoms with Crippen LogP contribution in [0.25, 0.3) is 0 Å². The fraction of sp³-hybridized carbons (Fsp3) is 0.800. The summed E-state index contributed by atoms with van der Waals surface area (Å²) in [6.45, 7) is 9.28. The van der Waals surface area contributed by atoms with Gasteiger partial charge < -0.3 is 10.5 Å². The van der Waals surface area contributed by atoms with Gasteiger partial charge in [-0.2, -0.15) is 4.99 Å². The Morgan fingerprint density at radius 3 is 2.36 bits per heavy atom. The van der Waals surface area contributed by atoms with Crippen LogP contribution in [0.1, 0.15) is 41.0 Å². The van der Waals surface area contributed by atoms with E-state index in [1.54, 1.807) is 20.8 Å². The number of rotatable bonds is 2. The molecule has 1 atom stereocenters. The minimum Gasteiger partial charge on any atom is -0.442 e. The molecule has 82 valence electrons. The number of nitrogens with zero attached hydrogens (tertiary/aromatic N) is 1. The lowest BCUT2D eigenvalue weighted by Crippen LogP contribution is -2.26. The molecule has 0 spiro atoms. The largest absolute Gasteiger partial charge is 0.442 e. The fourth-order valence-electron chi connectivity index (χ4n) is 0.709. The summed E-state index contributed by atoms with van der Waals surface area (Å²) in [7, 11) is 0. The zero-order chi connectivity index (χ0) is 11.4. The van der Waals surface area contributed by atoms with Crippen LogP contribution in [0.5, 0.6) is 0 Å². The van der Waals surface area contributed by atoms with Gasteiger partial charge in [-0.25, -0.2) is 4.79 Å². The number of carbonyl (C=O) groups excluding carboxylic acids is 1. The van der Waals surface area contributed by atoms with E-state index in [-0.39, 0.29) is 5.92 Å². The second-order valence-electron chi connectivity index (χ2n) is 4.33.